The van der Waals surface area contributed by atoms with Crippen LogP contribution in [-0.4, -0.2) is 82.0 Å². The van der Waals surface area contributed by atoms with E-state index in [-0.39, 0.29) is 23.2 Å². The first-order chi connectivity index (χ1) is 11.9. The van der Waals surface area contributed by atoms with Crippen molar-refractivity contribution in [3.05, 3.63) is 29.1 Å². The standard InChI is InChI=1S/C17H24N4O4/c1-4-19(5-2)17(25)21-10-8-20(9-11-21)15(22)14-7-6-13(16(23)24)12(3)18-14/h6-7H,4-5,8-11H2,1-3H3,(H,23,24). The van der Waals surface area contributed by atoms with Crippen LogP contribution in [0.4, 0.5) is 4.79 Å². The van der Waals surface area contributed by atoms with Crippen LogP contribution in [0.2, 0.25) is 0 Å². The van der Waals surface area contributed by atoms with Crippen LogP contribution >= 0.6 is 0 Å². The Balaban J connectivity index is 2.01. The van der Waals surface area contributed by atoms with Crippen LogP contribution in [0.25, 0.3) is 0 Å². The number of piperazine rings is 1. The zero-order valence-electron chi connectivity index (χ0n) is 14.9. The van der Waals surface area contributed by atoms with Crippen LogP contribution in [0.3, 0.4) is 0 Å². The lowest BCUT2D eigenvalue weighted by molar-refractivity contribution is 0.0633. The number of amides is 3. The maximum absolute atomic E-state index is 12.6. The van der Waals surface area contributed by atoms with E-state index in [1.54, 1.807) is 21.6 Å². The smallest absolute Gasteiger partial charge is 0.337 e. The largest absolute Gasteiger partial charge is 0.478 e. The molecule has 25 heavy (non-hydrogen) atoms. The van der Waals surface area contributed by atoms with Crippen molar-refractivity contribution in [2.75, 3.05) is 39.3 Å². The summed E-state index contributed by atoms with van der Waals surface area (Å²) in [5, 5.41) is 9.03. The highest BCUT2D eigenvalue weighted by atomic mass is 16.4. The molecule has 0 saturated carbocycles. The lowest BCUT2D eigenvalue weighted by Gasteiger charge is -2.37. The molecule has 0 radical (unpaired) electrons. The number of carboxylic acids is 1. The van der Waals surface area contributed by atoms with Gasteiger partial charge < -0.3 is 19.8 Å². The second kappa shape index (κ2) is 7.96. The van der Waals surface area contributed by atoms with Crippen molar-refractivity contribution in [2.45, 2.75) is 20.8 Å². The fourth-order valence-corrected chi connectivity index (χ4v) is 2.86. The van der Waals surface area contributed by atoms with Crippen LogP contribution in [0.1, 0.15) is 40.4 Å². The van der Waals surface area contributed by atoms with Crippen LogP contribution in [0, 0.1) is 6.92 Å². The van der Waals surface area contributed by atoms with Crippen LogP contribution in [0.15, 0.2) is 12.1 Å². The molecule has 1 aromatic heterocycles. The number of carboxylic acid groups (broad SMARTS) is 1. The third-order valence-corrected chi connectivity index (χ3v) is 4.41. The Labute approximate surface area is 147 Å². The molecule has 1 saturated heterocycles. The number of carbonyl (C=O) groups is 3. The topological polar surface area (TPSA) is 94.1 Å². The maximum atomic E-state index is 12.6. The minimum Gasteiger partial charge on any atom is -0.478 e. The molecule has 2 rings (SSSR count). The van der Waals surface area contributed by atoms with E-state index in [1.165, 1.54) is 12.1 Å². The molecule has 1 aliphatic rings. The number of urea groups is 1. The van der Waals surface area contributed by atoms with Crippen molar-refractivity contribution in [1.82, 2.24) is 19.7 Å². The normalized spacial score (nSPS) is 14.4. The van der Waals surface area contributed by atoms with Crippen LogP contribution < -0.4 is 0 Å². The van der Waals surface area contributed by atoms with Gasteiger partial charge in [0.15, 0.2) is 0 Å². The third kappa shape index (κ3) is 4.07. The predicted octanol–water partition coefficient (Wildman–Crippen LogP) is 1.31. The van der Waals surface area contributed by atoms with Crippen molar-refractivity contribution < 1.29 is 19.5 Å². The second-order valence-corrected chi connectivity index (χ2v) is 5.87. The van der Waals surface area contributed by atoms with Gasteiger partial charge in [-0.3, -0.25) is 4.79 Å². The summed E-state index contributed by atoms with van der Waals surface area (Å²) < 4.78 is 0. The molecule has 2 heterocycles. The Kier molecular flexibility index (Phi) is 5.95. The molecular formula is C17H24N4O4. The molecule has 0 atom stereocenters. The number of carbonyl (C=O) groups excluding carboxylic acids is 2. The SMILES string of the molecule is CCN(CC)C(=O)N1CCN(C(=O)c2ccc(C(=O)O)c(C)n2)CC1. The summed E-state index contributed by atoms with van der Waals surface area (Å²) in [4.78, 5) is 45.2. The molecule has 0 aromatic carbocycles. The van der Waals surface area contributed by atoms with Gasteiger partial charge >= 0.3 is 12.0 Å². The first-order valence-corrected chi connectivity index (χ1v) is 8.43. The van der Waals surface area contributed by atoms with E-state index >= 15 is 0 Å². The number of aryl methyl sites for hydroxylation is 1. The number of hydrogen-bond donors (Lipinski definition) is 1. The molecule has 3 amide bonds. The summed E-state index contributed by atoms with van der Waals surface area (Å²) in [6.45, 7) is 8.61. The average Bonchev–Trinajstić information content (AvgIpc) is 2.61. The fourth-order valence-electron chi connectivity index (χ4n) is 2.86. The Hall–Kier alpha value is -2.64. The van der Waals surface area contributed by atoms with Gasteiger partial charge in [0.1, 0.15) is 5.69 Å². The Morgan fingerprint density at radius 2 is 1.64 bits per heavy atom. The number of aromatic nitrogens is 1. The van der Waals surface area contributed by atoms with E-state index in [0.717, 1.165) is 0 Å². The Morgan fingerprint density at radius 1 is 1.08 bits per heavy atom. The van der Waals surface area contributed by atoms with Gasteiger partial charge in [-0.1, -0.05) is 0 Å². The van der Waals surface area contributed by atoms with Gasteiger partial charge in [0.25, 0.3) is 5.91 Å². The first-order valence-electron chi connectivity index (χ1n) is 8.43. The van der Waals surface area contributed by atoms with E-state index in [4.69, 9.17) is 5.11 Å². The van der Waals surface area contributed by atoms with Crippen LogP contribution in [-0.2, 0) is 0 Å². The third-order valence-electron chi connectivity index (χ3n) is 4.41. The number of rotatable bonds is 4. The maximum Gasteiger partial charge on any atom is 0.337 e. The summed E-state index contributed by atoms with van der Waals surface area (Å²) in [5.41, 5.74) is 0.630. The monoisotopic (exact) mass is 348 g/mol. The van der Waals surface area contributed by atoms with Gasteiger partial charge in [-0.2, -0.15) is 0 Å². The van der Waals surface area contributed by atoms with Gasteiger partial charge in [-0.05, 0) is 32.9 Å². The highest BCUT2D eigenvalue weighted by Crippen LogP contribution is 2.12. The van der Waals surface area contributed by atoms with Crippen LogP contribution in [0.5, 0.6) is 0 Å². The summed E-state index contributed by atoms with van der Waals surface area (Å²) in [5.74, 6) is -1.30. The predicted molar refractivity (Wildman–Crippen MR) is 91.7 cm³/mol. The molecule has 136 valence electrons. The number of pyridine rings is 1. The Bertz CT molecular complexity index is 665. The molecule has 8 nitrogen and oxygen atoms in total. The van der Waals surface area contributed by atoms with Crippen molar-refractivity contribution in [2.24, 2.45) is 0 Å². The molecule has 1 N–H and O–H groups in total. The molecule has 0 bridgehead atoms. The van der Waals surface area contributed by atoms with Gasteiger partial charge in [0, 0.05) is 39.3 Å². The lowest BCUT2D eigenvalue weighted by atomic mass is 10.1. The van der Waals surface area contributed by atoms with E-state index in [9.17, 15) is 14.4 Å². The van der Waals surface area contributed by atoms with Crippen molar-refractivity contribution in [1.29, 1.82) is 0 Å². The molecule has 0 spiro atoms. The number of hydrogen-bond acceptors (Lipinski definition) is 4. The fraction of sp³-hybridized carbons (Fsp3) is 0.529. The summed E-state index contributed by atoms with van der Waals surface area (Å²) in [7, 11) is 0. The summed E-state index contributed by atoms with van der Waals surface area (Å²) >= 11 is 0. The van der Waals surface area contributed by atoms with Gasteiger partial charge in [-0.15, -0.1) is 0 Å². The van der Waals surface area contributed by atoms with Gasteiger partial charge in [0.2, 0.25) is 0 Å². The minimum absolute atomic E-state index is 0.00289. The zero-order chi connectivity index (χ0) is 18.6. The highest BCUT2D eigenvalue weighted by Gasteiger charge is 2.27. The van der Waals surface area contributed by atoms with Crippen molar-refractivity contribution >= 4 is 17.9 Å². The van der Waals surface area contributed by atoms with E-state index in [0.29, 0.717) is 45.0 Å². The van der Waals surface area contributed by atoms with Gasteiger partial charge in [0.05, 0.1) is 11.3 Å². The van der Waals surface area contributed by atoms with E-state index in [1.807, 2.05) is 13.8 Å². The summed E-state index contributed by atoms with van der Waals surface area (Å²) in [6, 6.07) is 2.83. The van der Waals surface area contributed by atoms with Gasteiger partial charge in [-0.25, -0.2) is 14.6 Å². The second-order valence-electron chi connectivity index (χ2n) is 5.87. The molecule has 0 aliphatic carbocycles. The zero-order valence-corrected chi connectivity index (χ0v) is 14.9. The van der Waals surface area contributed by atoms with Crippen molar-refractivity contribution in [3.63, 3.8) is 0 Å². The number of aromatic carboxylic acids is 1. The molecular weight excluding hydrogens is 324 g/mol. The Morgan fingerprint density at radius 3 is 2.12 bits per heavy atom. The highest BCUT2D eigenvalue weighted by molar-refractivity contribution is 5.94. The molecule has 8 heteroatoms. The summed E-state index contributed by atoms with van der Waals surface area (Å²) in [6.07, 6.45) is 0. The average molecular weight is 348 g/mol. The minimum atomic E-state index is -1.06. The number of nitrogens with zero attached hydrogens (tertiary/aromatic N) is 4. The molecule has 1 fully saturated rings. The van der Waals surface area contributed by atoms with E-state index < -0.39 is 5.97 Å². The first kappa shape index (κ1) is 18.7. The van der Waals surface area contributed by atoms with Crippen molar-refractivity contribution in [3.8, 4) is 0 Å². The van der Waals surface area contributed by atoms with E-state index in [2.05, 4.69) is 4.98 Å². The molecule has 1 aliphatic heterocycles. The lowest BCUT2D eigenvalue weighted by Crippen LogP contribution is -2.54. The quantitative estimate of drug-likeness (QED) is 0.885. The molecule has 0 unspecified atom stereocenters. The molecule has 1 aromatic rings.